The Labute approximate surface area is 80.5 Å². The molecule has 0 bridgehead atoms. The number of halogens is 2. The summed E-state index contributed by atoms with van der Waals surface area (Å²) in [4.78, 5) is 0. The summed E-state index contributed by atoms with van der Waals surface area (Å²) in [5.41, 5.74) is 0.680. The molecule has 0 saturated carbocycles. The van der Waals surface area contributed by atoms with Gasteiger partial charge in [0.15, 0.2) is 0 Å². The number of hydrogen-bond donors (Lipinski definition) is 1. The van der Waals surface area contributed by atoms with Crippen LogP contribution in [0.5, 0.6) is 0 Å². The zero-order valence-electron chi connectivity index (χ0n) is 7.84. The Morgan fingerprint density at radius 2 is 2.29 bits per heavy atom. The minimum atomic E-state index is -2.39. The van der Waals surface area contributed by atoms with Crippen LogP contribution in [-0.4, -0.2) is 11.5 Å². The minimum Gasteiger partial charge on any atom is -0.466 e. The highest BCUT2D eigenvalue weighted by atomic mass is 19.3. The second kappa shape index (κ2) is 3.35. The number of aliphatic hydroxyl groups excluding tert-OH is 1. The number of fused-ring (bicyclic) bond motifs is 1. The van der Waals surface area contributed by atoms with Gasteiger partial charge in [-0.05, 0) is 19.4 Å². The molecule has 1 N–H and O–H groups in total. The van der Waals surface area contributed by atoms with Crippen molar-refractivity contribution in [2.45, 2.75) is 32.3 Å². The molecule has 0 radical (unpaired) electrons. The Hall–Kier alpha value is -0.900. The molecule has 14 heavy (non-hydrogen) atoms. The molecule has 0 fully saturated rings. The van der Waals surface area contributed by atoms with Gasteiger partial charge in [-0.15, -0.1) is 0 Å². The van der Waals surface area contributed by atoms with E-state index in [2.05, 4.69) is 0 Å². The van der Waals surface area contributed by atoms with E-state index in [0.717, 1.165) is 0 Å². The molecule has 0 spiro atoms. The summed E-state index contributed by atoms with van der Waals surface area (Å²) in [6, 6.07) is 1.72. The summed E-state index contributed by atoms with van der Waals surface area (Å²) in [7, 11) is 0. The van der Waals surface area contributed by atoms with Crippen LogP contribution >= 0.6 is 0 Å². The summed E-state index contributed by atoms with van der Waals surface area (Å²) in [5, 5.41) is 9.60. The first-order valence-corrected chi connectivity index (χ1v) is 4.63. The molecular weight excluding hydrogens is 190 g/mol. The van der Waals surface area contributed by atoms with E-state index in [0.29, 0.717) is 17.1 Å². The standard InChI is InChI=1S/C10H12F2O2/c1-5-2-7-8(13)3-6(10(11)12)4-9(7)14-5/h2,6,8,10,13H,3-4H2,1H3/t6-,8+/m0/s1. The Morgan fingerprint density at radius 1 is 1.57 bits per heavy atom. The lowest BCUT2D eigenvalue weighted by atomic mass is 9.86. The quantitative estimate of drug-likeness (QED) is 0.758. The Kier molecular flexibility index (Phi) is 2.31. The monoisotopic (exact) mass is 202 g/mol. The van der Waals surface area contributed by atoms with E-state index in [1.54, 1.807) is 13.0 Å². The normalized spacial score (nSPS) is 26.6. The van der Waals surface area contributed by atoms with E-state index in [1.165, 1.54) is 0 Å². The highest BCUT2D eigenvalue weighted by Crippen LogP contribution is 2.37. The van der Waals surface area contributed by atoms with Crippen molar-refractivity contribution in [3.63, 3.8) is 0 Å². The van der Waals surface area contributed by atoms with E-state index in [9.17, 15) is 13.9 Å². The zero-order valence-corrected chi connectivity index (χ0v) is 7.84. The van der Waals surface area contributed by atoms with Crippen LogP contribution in [0.2, 0.25) is 0 Å². The number of aliphatic hydroxyl groups is 1. The highest BCUT2D eigenvalue weighted by Gasteiger charge is 2.33. The molecular formula is C10H12F2O2. The number of rotatable bonds is 1. The third-order valence-electron chi connectivity index (χ3n) is 2.65. The van der Waals surface area contributed by atoms with Gasteiger partial charge in [0.25, 0.3) is 0 Å². The van der Waals surface area contributed by atoms with Crippen LogP contribution in [0, 0.1) is 12.8 Å². The van der Waals surface area contributed by atoms with Gasteiger partial charge in [0, 0.05) is 17.9 Å². The second-order valence-corrected chi connectivity index (χ2v) is 3.79. The molecule has 1 aromatic heterocycles. The zero-order chi connectivity index (χ0) is 10.3. The molecule has 0 amide bonds. The highest BCUT2D eigenvalue weighted by molar-refractivity contribution is 5.26. The number of aryl methyl sites for hydroxylation is 1. The van der Waals surface area contributed by atoms with Crippen molar-refractivity contribution in [3.05, 3.63) is 23.2 Å². The SMILES string of the molecule is Cc1cc2c(o1)C[C@@H](C(F)F)C[C@H]2O. The third-order valence-corrected chi connectivity index (χ3v) is 2.65. The van der Waals surface area contributed by atoms with Crippen molar-refractivity contribution in [1.29, 1.82) is 0 Å². The molecule has 4 heteroatoms. The summed E-state index contributed by atoms with van der Waals surface area (Å²) < 4.78 is 30.1. The Morgan fingerprint density at radius 3 is 2.93 bits per heavy atom. The van der Waals surface area contributed by atoms with E-state index >= 15 is 0 Å². The summed E-state index contributed by atoms with van der Waals surface area (Å²) in [5.74, 6) is 0.415. The predicted octanol–water partition coefficient (Wildman–Crippen LogP) is 2.45. The lowest BCUT2D eigenvalue weighted by Crippen LogP contribution is -2.22. The smallest absolute Gasteiger partial charge is 0.241 e. The van der Waals surface area contributed by atoms with Crippen molar-refractivity contribution in [3.8, 4) is 0 Å². The summed E-state index contributed by atoms with van der Waals surface area (Å²) in [6.45, 7) is 1.75. The number of hydrogen-bond acceptors (Lipinski definition) is 2. The topological polar surface area (TPSA) is 33.4 Å². The average Bonchev–Trinajstić information content (AvgIpc) is 2.45. The maximum absolute atomic E-state index is 12.4. The molecule has 78 valence electrons. The van der Waals surface area contributed by atoms with Crippen molar-refractivity contribution in [2.75, 3.05) is 0 Å². The molecule has 0 aliphatic heterocycles. The fourth-order valence-electron chi connectivity index (χ4n) is 1.95. The van der Waals surface area contributed by atoms with Gasteiger partial charge in [0.2, 0.25) is 6.43 Å². The molecule has 0 unspecified atom stereocenters. The third kappa shape index (κ3) is 1.54. The lowest BCUT2D eigenvalue weighted by molar-refractivity contribution is 0.0262. The first-order chi connectivity index (χ1) is 6.58. The van der Waals surface area contributed by atoms with Gasteiger partial charge in [0.1, 0.15) is 11.5 Å². The van der Waals surface area contributed by atoms with Gasteiger partial charge in [-0.3, -0.25) is 0 Å². The first kappa shape index (κ1) is 9.65. The summed E-state index contributed by atoms with van der Waals surface area (Å²) in [6.07, 6.45) is -2.82. The van der Waals surface area contributed by atoms with Crippen LogP contribution in [0.1, 0.15) is 29.6 Å². The van der Waals surface area contributed by atoms with Crippen LogP contribution in [0.3, 0.4) is 0 Å². The van der Waals surface area contributed by atoms with E-state index in [1.807, 2.05) is 0 Å². The Bertz CT molecular complexity index is 333. The molecule has 2 atom stereocenters. The molecule has 1 aliphatic carbocycles. The van der Waals surface area contributed by atoms with Crippen molar-refractivity contribution >= 4 is 0 Å². The van der Waals surface area contributed by atoms with Crippen molar-refractivity contribution in [1.82, 2.24) is 0 Å². The maximum atomic E-state index is 12.4. The molecule has 1 aliphatic rings. The number of furan rings is 1. The fourth-order valence-corrected chi connectivity index (χ4v) is 1.95. The van der Waals surface area contributed by atoms with E-state index in [4.69, 9.17) is 4.42 Å². The van der Waals surface area contributed by atoms with Crippen LogP contribution < -0.4 is 0 Å². The second-order valence-electron chi connectivity index (χ2n) is 3.79. The predicted molar refractivity (Wildman–Crippen MR) is 46.2 cm³/mol. The first-order valence-electron chi connectivity index (χ1n) is 4.63. The molecule has 0 saturated heterocycles. The van der Waals surface area contributed by atoms with E-state index < -0.39 is 18.4 Å². The van der Waals surface area contributed by atoms with Crippen molar-refractivity contribution in [2.24, 2.45) is 5.92 Å². The van der Waals surface area contributed by atoms with Gasteiger partial charge >= 0.3 is 0 Å². The van der Waals surface area contributed by atoms with Crippen LogP contribution in [0.25, 0.3) is 0 Å². The molecule has 2 nitrogen and oxygen atoms in total. The summed E-state index contributed by atoms with van der Waals surface area (Å²) >= 11 is 0. The minimum absolute atomic E-state index is 0.129. The average molecular weight is 202 g/mol. The van der Waals surface area contributed by atoms with Gasteiger partial charge < -0.3 is 9.52 Å². The fraction of sp³-hybridized carbons (Fsp3) is 0.600. The van der Waals surface area contributed by atoms with Crippen molar-refractivity contribution < 1.29 is 18.3 Å². The molecule has 1 heterocycles. The molecule has 2 rings (SSSR count). The van der Waals surface area contributed by atoms with Crippen LogP contribution in [-0.2, 0) is 6.42 Å². The largest absolute Gasteiger partial charge is 0.466 e. The maximum Gasteiger partial charge on any atom is 0.241 e. The molecule has 1 aromatic rings. The van der Waals surface area contributed by atoms with Gasteiger partial charge in [-0.1, -0.05) is 0 Å². The van der Waals surface area contributed by atoms with Gasteiger partial charge in [0.05, 0.1) is 6.10 Å². The van der Waals surface area contributed by atoms with Gasteiger partial charge in [-0.2, -0.15) is 0 Å². The lowest BCUT2D eigenvalue weighted by Gasteiger charge is -2.24. The molecule has 0 aromatic carbocycles. The van der Waals surface area contributed by atoms with Gasteiger partial charge in [-0.25, -0.2) is 8.78 Å². The van der Waals surface area contributed by atoms with Crippen LogP contribution in [0.15, 0.2) is 10.5 Å². The van der Waals surface area contributed by atoms with E-state index in [-0.39, 0.29) is 12.8 Å². The van der Waals surface area contributed by atoms with Crippen LogP contribution in [0.4, 0.5) is 8.78 Å². The number of alkyl halides is 2. The Balaban J connectivity index is 2.28.